The highest BCUT2D eigenvalue weighted by atomic mass is 35.7. The zero-order valence-electron chi connectivity index (χ0n) is 11.9. The number of benzene rings is 1. The molecule has 0 aliphatic rings. The second-order valence-corrected chi connectivity index (χ2v) is 7.64. The first-order valence-corrected chi connectivity index (χ1v) is 8.90. The summed E-state index contributed by atoms with van der Waals surface area (Å²) in [5, 5.41) is 2.93. The van der Waals surface area contributed by atoms with Gasteiger partial charge in [-0.15, -0.1) is 0 Å². The number of carbonyl (C=O) groups excluding carboxylic acids is 1. The quantitative estimate of drug-likeness (QED) is 0.798. The van der Waals surface area contributed by atoms with E-state index < -0.39 is 15.0 Å². The minimum absolute atomic E-state index is 0.119. The highest BCUT2D eigenvalue weighted by molar-refractivity contribution is 8.13. The van der Waals surface area contributed by atoms with Crippen molar-refractivity contribution in [3.8, 4) is 0 Å². The average molecular weight is 354 g/mol. The smallest absolute Gasteiger partial charge is 0.261 e. The van der Waals surface area contributed by atoms with E-state index in [1.54, 1.807) is 14.0 Å². The number of amides is 1. The lowest BCUT2D eigenvalue weighted by atomic mass is 10.1. The molecule has 1 aromatic carbocycles. The van der Waals surface area contributed by atoms with Crippen LogP contribution >= 0.6 is 22.3 Å². The molecule has 1 amide bonds. The van der Waals surface area contributed by atoms with E-state index in [-0.39, 0.29) is 21.5 Å². The Morgan fingerprint density at radius 1 is 1.43 bits per heavy atom. The Balaban J connectivity index is 3.06. The molecule has 21 heavy (non-hydrogen) atoms. The Kier molecular flexibility index (Phi) is 6.46. The number of hydrogen-bond donors (Lipinski definition) is 1. The zero-order valence-corrected chi connectivity index (χ0v) is 14.3. The van der Waals surface area contributed by atoms with Crippen LogP contribution in [0.2, 0.25) is 5.02 Å². The van der Waals surface area contributed by atoms with Crippen LogP contribution < -0.4 is 5.32 Å². The molecule has 0 aliphatic carbocycles. The molecule has 1 rings (SSSR count). The topological polar surface area (TPSA) is 72.5 Å². The third-order valence-corrected chi connectivity index (χ3v) is 4.70. The van der Waals surface area contributed by atoms with Crippen molar-refractivity contribution in [1.29, 1.82) is 0 Å². The molecule has 1 aromatic rings. The molecular weight excluding hydrogens is 337 g/mol. The summed E-state index contributed by atoms with van der Waals surface area (Å²) >= 11 is 5.97. The van der Waals surface area contributed by atoms with Gasteiger partial charge in [0, 0.05) is 41.0 Å². The Bertz CT molecular complexity index is 631. The van der Waals surface area contributed by atoms with Crippen molar-refractivity contribution in [2.75, 3.05) is 13.7 Å². The van der Waals surface area contributed by atoms with Crippen LogP contribution in [0.15, 0.2) is 17.0 Å². The van der Waals surface area contributed by atoms with Gasteiger partial charge in [0.2, 0.25) is 0 Å². The molecule has 8 heteroatoms. The standard InChI is InChI=1S/C13H17Cl2NO4S/c1-8(4-5-20-3)16-13(17)11-6-10(21(15,18)19)7-12(14)9(11)2/h6-8H,4-5H2,1-3H3,(H,16,17). The van der Waals surface area contributed by atoms with Gasteiger partial charge < -0.3 is 10.1 Å². The van der Waals surface area contributed by atoms with Crippen LogP contribution in [0.25, 0.3) is 0 Å². The van der Waals surface area contributed by atoms with E-state index >= 15 is 0 Å². The van der Waals surface area contributed by atoms with E-state index in [0.29, 0.717) is 18.6 Å². The normalized spacial score (nSPS) is 13.0. The van der Waals surface area contributed by atoms with Crippen molar-refractivity contribution < 1.29 is 17.9 Å². The van der Waals surface area contributed by atoms with E-state index in [1.807, 2.05) is 6.92 Å². The number of ether oxygens (including phenoxy) is 1. The lowest BCUT2D eigenvalue weighted by molar-refractivity contribution is 0.0928. The van der Waals surface area contributed by atoms with Gasteiger partial charge in [0.1, 0.15) is 0 Å². The minimum atomic E-state index is -3.95. The van der Waals surface area contributed by atoms with Crippen molar-refractivity contribution in [3.05, 3.63) is 28.3 Å². The fourth-order valence-electron chi connectivity index (χ4n) is 1.70. The van der Waals surface area contributed by atoms with Gasteiger partial charge in [-0.25, -0.2) is 8.42 Å². The third kappa shape index (κ3) is 5.14. The van der Waals surface area contributed by atoms with Crippen molar-refractivity contribution >= 4 is 37.2 Å². The van der Waals surface area contributed by atoms with Crippen LogP contribution in [0.3, 0.4) is 0 Å². The summed E-state index contributed by atoms with van der Waals surface area (Å²) in [5.74, 6) is -0.403. The monoisotopic (exact) mass is 353 g/mol. The van der Waals surface area contributed by atoms with E-state index in [9.17, 15) is 13.2 Å². The highest BCUT2D eigenvalue weighted by Gasteiger charge is 2.19. The van der Waals surface area contributed by atoms with Gasteiger partial charge in [-0.05, 0) is 38.0 Å². The first-order valence-electron chi connectivity index (χ1n) is 6.21. The molecule has 0 aliphatic heterocycles. The first-order chi connectivity index (χ1) is 9.66. The van der Waals surface area contributed by atoms with Crippen LogP contribution in [0.1, 0.15) is 29.3 Å². The summed E-state index contributed by atoms with van der Waals surface area (Å²) < 4.78 is 27.7. The number of rotatable bonds is 6. The molecule has 1 N–H and O–H groups in total. The SMILES string of the molecule is COCCC(C)NC(=O)c1cc(S(=O)(=O)Cl)cc(Cl)c1C. The molecule has 0 heterocycles. The van der Waals surface area contributed by atoms with Crippen LogP contribution in [0.5, 0.6) is 0 Å². The summed E-state index contributed by atoms with van der Waals surface area (Å²) in [4.78, 5) is 12.0. The van der Waals surface area contributed by atoms with Gasteiger partial charge in [-0.2, -0.15) is 0 Å². The maximum absolute atomic E-state index is 12.2. The third-order valence-electron chi connectivity index (χ3n) is 2.98. The van der Waals surface area contributed by atoms with Gasteiger partial charge in [-0.3, -0.25) is 4.79 Å². The molecular formula is C13H17Cl2NO4S. The van der Waals surface area contributed by atoms with Crippen LogP contribution in [0, 0.1) is 6.92 Å². The Labute approximate surface area is 134 Å². The molecule has 0 aromatic heterocycles. The predicted molar refractivity (Wildman–Crippen MR) is 82.6 cm³/mol. The van der Waals surface area contributed by atoms with Gasteiger partial charge in [0.05, 0.1) is 4.90 Å². The molecule has 0 saturated carbocycles. The summed E-state index contributed by atoms with van der Waals surface area (Å²) in [6.45, 7) is 3.98. The number of carbonyl (C=O) groups is 1. The largest absolute Gasteiger partial charge is 0.385 e. The van der Waals surface area contributed by atoms with Gasteiger partial charge in [0.25, 0.3) is 15.0 Å². The van der Waals surface area contributed by atoms with Crippen molar-refractivity contribution in [2.24, 2.45) is 0 Å². The number of methoxy groups -OCH3 is 1. The molecule has 1 atom stereocenters. The molecule has 0 radical (unpaired) electrons. The first kappa shape index (κ1) is 18.2. The summed E-state index contributed by atoms with van der Waals surface area (Å²) in [6.07, 6.45) is 0.641. The second-order valence-electron chi connectivity index (χ2n) is 4.67. The zero-order chi connectivity index (χ0) is 16.2. The minimum Gasteiger partial charge on any atom is -0.385 e. The number of hydrogen-bond acceptors (Lipinski definition) is 4. The van der Waals surface area contributed by atoms with Gasteiger partial charge >= 0.3 is 0 Å². The average Bonchev–Trinajstić information content (AvgIpc) is 2.37. The summed E-state index contributed by atoms with van der Waals surface area (Å²) in [7, 11) is 2.92. The van der Waals surface area contributed by atoms with E-state index in [0.717, 1.165) is 0 Å². The Morgan fingerprint density at radius 2 is 2.05 bits per heavy atom. The molecule has 5 nitrogen and oxygen atoms in total. The van der Waals surface area contributed by atoms with E-state index in [1.165, 1.54) is 12.1 Å². The maximum Gasteiger partial charge on any atom is 0.261 e. The number of nitrogens with one attached hydrogen (secondary N) is 1. The molecule has 0 fully saturated rings. The highest BCUT2D eigenvalue weighted by Crippen LogP contribution is 2.26. The Morgan fingerprint density at radius 3 is 2.57 bits per heavy atom. The van der Waals surface area contributed by atoms with Crippen LogP contribution in [0.4, 0.5) is 0 Å². The van der Waals surface area contributed by atoms with Crippen LogP contribution in [-0.2, 0) is 13.8 Å². The molecule has 0 saturated heterocycles. The fourth-order valence-corrected chi connectivity index (χ4v) is 2.77. The maximum atomic E-state index is 12.2. The van der Waals surface area contributed by atoms with Crippen LogP contribution in [-0.4, -0.2) is 34.1 Å². The van der Waals surface area contributed by atoms with Crippen molar-refractivity contribution in [3.63, 3.8) is 0 Å². The van der Waals surface area contributed by atoms with E-state index in [4.69, 9.17) is 27.0 Å². The molecule has 0 bridgehead atoms. The molecule has 1 unspecified atom stereocenters. The molecule has 0 spiro atoms. The van der Waals surface area contributed by atoms with Crippen molar-refractivity contribution in [1.82, 2.24) is 5.32 Å². The number of halogens is 2. The summed E-state index contributed by atoms with van der Waals surface area (Å²) in [6, 6.07) is 2.33. The van der Waals surface area contributed by atoms with Gasteiger partial charge in [0.15, 0.2) is 0 Å². The van der Waals surface area contributed by atoms with E-state index in [2.05, 4.69) is 5.32 Å². The lowest BCUT2D eigenvalue weighted by Crippen LogP contribution is -2.33. The fraction of sp³-hybridized carbons (Fsp3) is 0.462. The lowest BCUT2D eigenvalue weighted by Gasteiger charge is -2.15. The predicted octanol–water partition coefficient (Wildman–Crippen LogP) is 2.73. The second kappa shape index (κ2) is 7.45. The Hall–Kier alpha value is -0.820. The molecule has 118 valence electrons. The summed E-state index contributed by atoms with van der Waals surface area (Å²) in [5.41, 5.74) is 0.683. The van der Waals surface area contributed by atoms with Gasteiger partial charge in [-0.1, -0.05) is 11.6 Å². The van der Waals surface area contributed by atoms with Crippen molar-refractivity contribution in [2.45, 2.75) is 31.2 Å².